The van der Waals surface area contributed by atoms with E-state index < -0.39 is 10.0 Å². The number of pyridine rings is 1. The summed E-state index contributed by atoms with van der Waals surface area (Å²) in [5.41, 5.74) is 3.05. The number of aromatic nitrogens is 3. The Kier molecular flexibility index (Phi) is 5.67. The van der Waals surface area contributed by atoms with Crippen LogP contribution in [0.3, 0.4) is 0 Å². The van der Waals surface area contributed by atoms with E-state index in [1.165, 1.54) is 16.4 Å². The van der Waals surface area contributed by atoms with Crippen molar-refractivity contribution in [1.82, 2.24) is 19.1 Å². The molecule has 31 heavy (non-hydrogen) atoms. The lowest BCUT2D eigenvalue weighted by Gasteiger charge is -2.15. The van der Waals surface area contributed by atoms with Gasteiger partial charge in [-0.2, -0.15) is 4.31 Å². The van der Waals surface area contributed by atoms with E-state index in [0.29, 0.717) is 30.3 Å². The van der Waals surface area contributed by atoms with Crippen molar-refractivity contribution < 1.29 is 17.9 Å². The molecule has 0 spiro atoms. The summed E-state index contributed by atoms with van der Waals surface area (Å²) < 4.78 is 33.9. The first-order valence-corrected chi connectivity index (χ1v) is 11.5. The van der Waals surface area contributed by atoms with Crippen molar-refractivity contribution in [1.29, 1.82) is 0 Å². The molecule has 1 aliphatic rings. The third-order valence-electron chi connectivity index (χ3n) is 5.27. The quantitative estimate of drug-likeness (QED) is 0.627. The Morgan fingerprint density at radius 2 is 1.84 bits per heavy atom. The summed E-state index contributed by atoms with van der Waals surface area (Å²) in [6.45, 7) is 4.73. The number of hydrogen-bond donors (Lipinski definition) is 1. The number of ether oxygens (including phenoxy) is 1. The molecular weight excluding hydrogens is 418 g/mol. The molecule has 0 aliphatic carbocycles. The van der Waals surface area contributed by atoms with Gasteiger partial charge in [0.15, 0.2) is 12.3 Å². The van der Waals surface area contributed by atoms with E-state index in [1.54, 1.807) is 23.9 Å². The SMILES string of the molecule is Cc1cc(C)c2c(OCC(=O)Nc3ccc(S(=O)(=O)N4CCCC4)cc3)nn(C)c2n1. The Morgan fingerprint density at radius 3 is 2.52 bits per heavy atom. The molecule has 164 valence electrons. The molecule has 1 amide bonds. The fraction of sp³-hybridized carbons (Fsp3) is 0.381. The van der Waals surface area contributed by atoms with E-state index in [-0.39, 0.29) is 17.4 Å². The van der Waals surface area contributed by atoms with Gasteiger partial charge >= 0.3 is 0 Å². The average molecular weight is 444 g/mol. The van der Waals surface area contributed by atoms with Crippen molar-refractivity contribution in [3.63, 3.8) is 0 Å². The highest BCUT2D eigenvalue weighted by Crippen LogP contribution is 2.27. The van der Waals surface area contributed by atoms with Crippen molar-refractivity contribution in [3.05, 3.63) is 41.6 Å². The molecule has 0 unspecified atom stereocenters. The number of amides is 1. The van der Waals surface area contributed by atoms with Crippen LogP contribution in [0.1, 0.15) is 24.1 Å². The van der Waals surface area contributed by atoms with Crippen molar-refractivity contribution in [2.75, 3.05) is 25.0 Å². The average Bonchev–Trinajstić information content (AvgIpc) is 3.36. The minimum atomic E-state index is -3.48. The molecular formula is C21H25N5O4S. The molecule has 1 aromatic carbocycles. The van der Waals surface area contributed by atoms with E-state index in [0.717, 1.165) is 29.5 Å². The number of carbonyl (C=O) groups is 1. The number of benzene rings is 1. The van der Waals surface area contributed by atoms with Crippen molar-refractivity contribution in [2.45, 2.75) is 31.6 Å². The molecule has 0 radical (unpaired) electrons. The topological polar surface area (TPSA) is 106 Å². The van der Waals surface area contributed by atoms with Gasteiger partial charge in [0.05, 0.1) is 10.3 Å². The van der Waals surface area contributed by atoms with Crippen molar-refractivity contribution >= 4 is 32.7 Å². The zero-order chi connectivity index (χ0) is 22.2. The number of fused-ring (bicyclic) bond motifs is 1. The lowest BCUT2D eigenvalue weighted by molar-refractivity contribution is -0.118. The fourth-order valence-corrected chi connectivity index (χ4v) is 5.29. The van der Waals surface area contributed by atoms with Crippen molar-refractivity contribution in [2.24, 2.45) is 7.05 Å². The number of nitrogens with zero attached hydrogens (tertiary/aromatic N) is 4. The lowest BCUT2D eigenvalue weighted by Crippen LogP contribution is -2.27. The number of aryl methyl sites for hydroxylation is 3. The van der Waals surface area contributed by atoms with Gasteiger partial charge in [0.1, 0.15) is 0 Å². The van der Waals surface area contributed by atoms with E-state index in [1.807, 2.05) is 19.9 Å². The molecule has 2 aromatic heterocycles. The van der Waals surface area contributed by atoms with Crippen LogP contribution in [-0.2, 0) is 21.9 Å². The zero-order valence-electron chi connectivity index (χ0n) is 17.8. The normalized spacial score (nSPS) is 14.8. The maximum atomic E-state index is 12.6. The number of rotatable bonds is 6. The van der Waals surface area contributed by atoms with Gasteiger partial charge < -0.3 is 10.1 Å². The van der Waals surface area contributed by atoms with E-state index in [2.05, 4.69) is 15.4 Å². The van der Waals surface area contributed by atoms with Crippen LogP contribution in [0, 0.1) is 13.8 Å². The minimum absolute atomic E-state index is 0.224. The van der Waals surface area contributed by atoms with Gasteiger partial charge in [-0.3, -0.25) is 4.79 Å². The summed E-state index contributed by atoms with van der Waals surface area (Å²) >= 11 is 0. The van der Waals surface area contributed by atoms with E-state index >= 15 is 0 Å². The van der Waals surface area contributed by atoms with Crippen LogP contribution in [0.25, 0.3) is 11.0 Å². The van der Waals surface area contributed by atoms with Crippen LogP contribution in [0.5, 0.6) is 5.88 Å². The third kappa shape index (κ3) is 4.26. The largest absolute Gasteiger partial charge is 0.466 e. The van der Waals surface area contributed by atoms with Crippen LogP contribution in [0.4, 0.5) is 5.69 Å². The molecule has 0 bridgehead atoms. The highest BCUT2D eigenvalue weighted by atomic mass is 32.2. The van der Waals surface area contributed by atoms with Gasteiger partial charge in [0.25, 0.3) is 5.91 Å². The van der Waals surface area contributed by atoms with E-state index in [9.17, 15) is 13.2 Å². The standard InChI is InChI=1S/C21H25N5O4S/c1-14-12-15(2)22-20-19(14)21(24-25(20)3)30-13-18(27)23-16-6-8-17(9-7-16)31(28,29)26-10-4-5-11-26/h6-9,12H,4-5,10-11,13H2,1-3H3,(H,23,27). The maximum Gasteiger partial charge on any atom is 0.262 e. The number of hydrogen-bond acceptors (Lipinski definition) is 6. The summed E-state index contributed by atoms with van der Waals surface area (Å²) in [7, 11) is -1.70. The van der Waals surface area contributed by atoms with Crippen LogP contribution in [-0.4, -0.2) is 53.1 Å². The monoisotopic (exact) mass is 443 g/mol. The lowest BCUT2D eigenvalue weighted by atomic mass is 10.2. The molecule has 10 heteroatoms. The number of sulfonamides is 1. The first-order valence-electron chi connectivity index (χ1n) is 10.1. The van der Waals surface area contributed by atoms with Crippen LogP contribution in [0.15, 0.2) is 35.2 Å². The summed E-state index contributed by atoms with van der Waals surface area (Å²) in [5.74, 6) is -0.0172. The van der Waals surface area contributed by atoms with Gasteiger partial charge in [-0.1, -0.05) is 0 Å². The molecule has 0 atom stereocenters. The molecule has 1 saturated heterocycles. The first-order chi connectivity index (χ1) is 14.8. The number of carbonyl (C=O) groups excluding carboxylic acids is 1. The Hall–Kier alpha value is -2.98. The summed E-state index contributed by atoms with van der Waals surface area (Å²) in [4.78, 5) is 17.0. The Balaban J connectivity index is 1.41. The molecule has 0 saturated carbocycles. The van der Waals surface area contributed by atoms with Gasteiger partial charge in [-0.15, -0.1) is 5.10 Å². The molecule has 1 N–H and O–H groups in total. The molecule has 3 heterocycles. The smallest absolute Gasteiger partial charge is 0.262 e. The summed E-state index contributed by atoms with van der Waals surface area (Å²) in [5, 5.41) is 7.82. The zero-order valence-corrected chi connectivity index (χ0v) is 18.6. The number of anilines is 1. The van der Waals surface area contributed by atoms with E-state index in [4.69, 9.17) is 4.74 Å². The molecule has 4 rings (SSSR count). The van der Waals surface area contributed by atoms with Gasteiger partial charge in [-0.05, 0) is 62.6 Å². The van der Waals surface area contributed by atoms with Crippen LogP contribution < -0.4 is 10.1 Å². The maximum absolute atomic E-state index is 12.6. The Labute approximate surface area is 181 Å². The highest BCUT2D eigenvalue weighted by Gasteiger charge is 2.27. The molecule has 1 fully saturated rings. The Morgan fingerprint density at radius 1 is 1.16 bits per heavy atom. The predicted octanol–water partition coefficient (Wildman–Crippen LogP) is 2.39. The molecule has 9 nitrogen and oxygen atoms in total. The third-order valence-corrected chi connectivity index (χ3v) is 7.18. The number of nitrogens with one attached hydrogen (secondary N) is 1. The molecule has 1 aliphatic heterocycles. The summed E-state index contributed by atoms with van der Waals surface area (Å²) in [6, 6.07) is 8.11. The second kappa shape index (κ2) is 8.27. The second-order valence-electron chi connectivity index (χ2n) is 7.68. The van der Waals surface area contributed by atoms with Crippen LogP contribution >= 0.6 is 0 Å². The van der Waals surface area contributed by atoms with Crippen molar-refractivity contribution in [3.8, 4) is 5.88 Å². The first kappa shape index (κ1) is 21.3. The van der Waals surface area contributed by atoms with Crippen LogP contribution in [0.2, 0.25) is 0 Å². The summed E-state index contributed by atoms with van der Waals surface area (Å²) in [6.07, 6.45) is 1.77. The highest BCUT2D eigenvalue weighted by molar-refractivity contribution is 7.89. The van der Waals surface area contributed by atoms with Gasteiger partial charge in [0, 0.05) is 31.5 Å². The predicted molar refractivity (Wildman–Crippen MR) is 117 cm³/mol. The molecule has 3 aromatic rings. The minimum Gasteiger partial charge on any atom is -0.466 e. The van der Waals surface area contributed by atoms with Gasteiger partial charge in [-0.25, -0.2) is 18.1 Å². The second-order valence-corrected chi connectivity index (χ2v) is 9.62. The fourth-order valence-electron chi connectivity index (χ4n) is 3.77. The van der Waals surface area contributed by atoms with Gasteiger partial charge in [0.2, 0.25) is 15.9 Å². The Bertz CT molecular complexity index is 1230.